The quantitative estimate of drug-likeness (QED) is 0.674. The molecule has 4 nitrogen and oxygen atoms in total. The first-order chi connectivity index (χ1) is 12.7. The van der Waals surface area contributed by atoms with Crippen LogP contribution in [0.1, 0.15) is 18.7 Å². The van der Waals surface area contributed by atoms with Crippen LogP contribution in [-0.2, 0) is 4.74 Å². The molecule has 0 saturated carbocycles. The third-order valence-corrected chi connectivity index (χ3v) is 4.48. The van der Waals surface area contributed by atoms with Crippen LogP contribution in [0.15, 0.2) is 67.0 Å². The van der Waals surface area contributed by atoms with E-state index in [1.807, 2.05) is 37.4 Å². The first-order valence-corrected chi connectivity index (χ1v) is 8.79. The Labute approximate surface area is 152 Å². The van der Waals surface area contributed by atoms with E-state index in [4.69, 9.17) is 9.47 Å². The fraction of sp³-hybridized carbons (Fsp3) is 0.238. The van der Waals surface area contributed by atoms with Gasteiger partial charge in [-0.2, -0.15) is 0 Å². The van der Waals surface area contributed by atoms with E-state index in [2.05, 4.69) is 21.7 Å². The summed E-state index contributed by atoms with van der Waals surface area (Å²) in [5.74, 6) is 0.621. The SMILES string of the molecule is CCOc1cccc(-n2ccc(C3OCCN3c3ccc(F)cc3)c2)c1. The van der Waals surface area contributed by atoms with Crippen molar-refractivity contribution in [2.45, 2.75) is 13.2 Å². The molecular weight excluding hydrogens is 331 g/mol. The highest BCUT2D eigenvalue weighted by Crippen LogP contribution is 2.33. The standard InChI is InChI=1S/C21H21FN2O2/c1-2-25-20-5-3-4-19(14-20)23-11-10-16(15-23)21-24(12-13-26-21)18-8-6-17(22)7-9-18/h3-11,14-15,21H,2,12-13H2,1H3. The van der Waals surface area contributed by atoms with E-state index < -0.39 is 0 Å². The summed E-state index contributed by atoms with van der Waals surface area (Å²) in [5, 5.41) is 0. The van der Waals surface area contributed by atoms with Gasteiger partial charge < -0.3 is 18.9 Å². The van der Waals surface area contributed by atoms with Crippen molar-refractivity contribution < 1.29 is 13.9 Å². The van der Waals surface area contributed by atoms with Gasteiger partial charge in [0.2, 0.25) is 0 Å². The average molecular weight is 352 g/mol. The fourth-order valence-corrected chi connectivity index (χ4v) is 3.26. The van der Waals surface area contributed by atoms with E-state index in [-0.39, 0.29) is 12.0 Å². The van der Waals surface area contributed by atoms with Crippen molar-refractivity contribution in [3.05, 3.63) is 78.4 Å². The van der Waals surface area contributed by atoms with Crippen molar-refractivity contribution in [1.29, 1.82) is 0 Å². The predicted octanol–water partition coefficient (Wildman–Crippen LogP) is 4.55. The van der Waals surface area contributed by atoms with Crippen LogP contribution in [0.25, 0.3) is 5.69 Å². The zero-order valence-corrected chi connectivity index (χ0v) is 14.6. The largest absolute Gasteiger partial charge is 0.494 e. The molecule has 0 spiro atoms. The number of hydrogen-bond acceptors (Lipinski definition) is 3. The van der Waals surface area contributed by atoms with E-state index in [1.165, 1.54) is 12.1 Å². The van der Waals surface area contributed by atoms with Crippen molar-refractivity contribution >= 4 is 5.69 Å². The van der Waals surface area contributed by atoms with Gasteiger partial charge in [0.1, 0.15) is 11.6 Å². The maximum Gasteiger partial charge on any atom is 0.158 e. The molecule has 5 heteroatoms. The molecule has 1 aliphatic heterocycles. The van der Waals surface area contributed by atoms with Crippen LogP contribution in [0.3, 0.4) is 0 Å². The van der Waals surface area contributed by atoms with E-state index >= 15 is 0 Å². The molecule has 1 aromatic heterocycles. The molecule has 2 aromatic carbocycles. The summed E-state index contributed by atoms with van der Waals surface area (Å²) in [6.45, 7) is 4.04. The second-order valence-electron chi connectivity index (χ2n) is 6.18. The first kappa shape index (κ1) is 16.7. The molecule has 0 radical (unpaired) electrons. The molecule has 26 heavy (non-hydrogen) atoms. The lowest BCUT2D eigenvalue weighted by molar-refractivity contribution is 0.114. The average Bonchev–Trinajstić information content (AvgIpc) is 3.32. The summed E-state index contributed by atoms with van der Waals surface area (Å²) in [7, 11) is 0. The van der Waals surface area contributed by atoms with Crippen LogP contribution in [0.4, 0.5) is 10.1 Å². The lowest BCUT2D eigenvalue weighted by Gasteiger charge is -2.24. The molecule has 1 unspecified atom stereocenters. The van der Waals surface area contributed by atoms with Crippen LogP contribution >= 0.6 is 0 Å². The smallest absolute Gasteiger partial charge is 0.158 e. The maximum atomic E-state index is 13.2. The zero-order valence-electron chi connectivity index (χ0n) is 14.6. The maximum absolute atomic E-state index is 13.2. The molecule has 0 aliphatic carbocycles. The van der Waals surface area contributed by atoms with Crippen molar-refractivity contribution in [3.63, 3.8) is 0 Å². The third-order valence-electron chi connectivity index (χ3n) is 4.48. The molecule has 0 N–H and O–H groups in total. The van der Waals surface area contributed by atoms with Crippen LogP contribution in [0, 0.1) is 5.82 Å². The molecule has 3 aromatic rings. The molecule has 1 atom stereocenters. The Bertz CT molecular complexity index is 876. The third kappa shape index (κ3) is 3.30. The first-order valence-electron chi connectivity index (χ1n) is 8.79. The molecule has 2 heterocycles. The minimum atomic E-state index is -0.231. The fourth-order valence-electron chi connectivity index (χ4n) is 3.26. The van der Waals surface area contributed by atoms with Gasteiger partial charge in [0, 0.05) is 41.9 Å². The van der Waals surface area contributed by atoms with Crippen molar-refractivity contribution in [2.24, 2.45) is 0 Å². The van der Waals surface area contributed by atoms with Crippen molar-refractivity contribution in [3.8, 4) is 11.4 Å². The van der Waals surface area contributed by atoms with Crippen LogP contribution < -0.4 is 9.64 Å². The number of aromatic nitrogens is 1. The molecule has 0 bridgehead atoms. The van der Waals surface area contributed by atoms with Gasteiger partial charge in [-0.05, 0) is 49.4 Å². The summed E-state index contributed by atoms with van der Waals surface area (Å²) in [4.78, 5) is 2.15. The van der Waals surface area contributed by atoms with Crippen molar-refractivity contribution in [2.75, 3.05) is 24.7 Å². The second-order valence-corrected chi connectivity index (χ2v) is 6.18. The Morgan fingerprint density at radius 2 is 1.96 bits per heavy atom. The van der Waals surface area contributed by atoms with E-state index in [0.29, 0.717) is 13.2 Å². The second kappa shape index (κ2) is 7.22. The molecule has 134 valence electrons. The molecule has 1 fully saturated rings. The molecule has 1 saturated heterocycles. The Kier molecular flexibility index (Phi) is 4.63. The summed E-state index contributed by atoms with van der Waals surface area (Å²) < 4.78 is 26.8. The number of anilines is 1. The van der Waals surface area contributed by atoms with Gasteiger partial charge in [-0.3, -0.25) is 0 Å². The number of nitrogens with zero attached hydrogens (tertiary/aromatic N) is 2. The van der Waals surface area contributed by atoms with Crippen molar-refractivity contribution in [1.82, 2.24) is 4.57 Å². The van der Waals surface area contributed by atoms with E-state index in [0.717, 1.165) is 29.2 Å². The minimum Gasteiger partial charge on any atom is -0.494 e. The summed E-state index contributed by atoms with van der Waals surface area (Å²) in [5.41, 5.74) is 3.06. The Balaban J connectivity index is 1.59. The summed E-state index contributed by atoms with van der Waals surface area (Å²) in [6, 6.07) is 16.6. The summed E-state index contributed by atoms with van der Waals surface area (Å²) >= 11 is 0. The number of halogens is 1. The molecule has 0 amide bonds. The van der Waals surface area contributed by atoms with Gasteiger partial charge in [0.05, 0.1) is 13.2 Å². The Hall–Kier alpha value is -2.79. The highest BCUT2D eigenvalue weighted by molar-refractivity contribution is 5.49. The number of benzene rings is 2. The van der Waals surface area contributed by atoms with Gasteiger partial charge in [-0.1, -0.05) is 6.07 Å². The monoisotopic (exact) mass is 352 g/mol. The topological polar surface area (TPSA) is 26.6 Å². The molecule has 1 aliphatic rings. The van der Waals surface area contributed by atoms with Gasteiger partial charge in [0.15, 0.2) is 6.23 Å². The summed E-state index contributed by atoms with van der Waals surface area (Å²) in [6.07, 6.45) is 3.92. The van der Waals surface area contributed by atoms with Gasteiger partial charge in [0.25, 0.3) is 0 Å². The van der Waals surface area contributed by atoms with E-state index in [1.54, 1.807) is 12.1 Å². The van der Waals surface area contributed by atoms with Gasteiger partial charge in [-0.25, -0.2) is 4.39 Å². The highest BCUT2D eigenvalue weighted by atomic mass is 19.1. The lowest BCUT2D eigenvalue weighted by Crippen LogP contribution is -2.22. The Morgan fingerprint density at radius 1 is 1.12 bits per heavy atom. The predicted molar refractivity (Wildman–Crippen MR) is 99.4 cm³/mol. The number of hydrogen-bond donors (Lipinski definition) is 0. The normalized spacial score (nSPS) is 16.8. The number of ether oxygens (including phenoxy) is 2. The van der Waals surface area contributed by atoms with Crippen LogP contribution in [-0.4, -0.2) is 24.3 Å². The lowest BCUT2D eigenvalue weighted by atomic mass is 10.2. The Morgan fingerprint density at radius 3 is 2.77 bits per heavy atom. The van der Waals surface area contributed by atoms with Gasteiger partial charge >= 0.3 is 0 Å². The number of rotatable bonds is 5. The molecular formula is C21H21FN2O2. The van der Waals surface area contributed by atoms with Gasteiger partial charge in [-0.15, -0.1) is 0 Å². The molecule has 4 rings (SSSR count). The highest BCUT2D eigenvalue weighted by Gasteiger charge is 2.28. The minimum absolute atomic E-state index is 0.170. The zero-order chi connectivity index (χ0) is 17.9. The van der Waals surface area contributed by atoms with E-state index in [9.17, 15) is 4.39 Å². The van der Waals surface area contributed by atoms with Crippen LogP contribution in [0.2, 0.25) is 0 Å². The van der Waals surface area contributed by atoms with Crippen LogP contribution in [0.5, 0.6) is 5.75 Å².